The maximum absolute atomic E-state index is 6.40. The molecule has 1 aliphatic rings. The zero-order valence-electron chi connectivity index (χ0n) is 17.2. The normalized spacial score (nSPS) is 16.8. The largest absolute Gasteiger partial charge is 0.338 e. The molecule has 1 fully saturated rings. The summed E-state index contributed by atoms with van der Waals surface area (Å²) in [7, 11) is 2.17. The minimum Gasteiger partial charge on any atom is -0.338 e. The fourth-order valence-corrected chi connectivity index (χ4v) is 4.87. The van der Waals surface area contributed by atoms with Crippen molar-refractivity contribution < 1.29 is 0 Å². The first-order valence-corrected chi connectivity index (χ1v) is 11.1. The van der Waals surface area contributed by atoms with E-state index >= 15 is 0 Å². The van der Waals surface area contributed by atoms with Crippen molar-refractivity contribution in [3.05, 3.63) is 71.1 Å². The lowest BCUT2D eigenvalue weighted by atomic mass is 10.0. The molecule has 5 nitrogen and oxygen atoms in total. The first-order chi connectivity index (χ1) is 15.0. The molecular formula is C24H23Cl2N5. The SMILES string of the molecule is CN1CCC(Cn2cc(Nc3cc4cc(-c5c(Cl)cccc5Cl)ccc4cn3)cn2)C1. The number of nitrogens with zero attached hydrogens (tertiary/aromatic N) is 4. The Bertz CT molecular complexity index is 1220. The topological polar surface area (TPSA) is 46.0 Å². The molecule has 0 amide bonds. The number of rotatable bonds is 5. The zero-order valence-corrected chi connectivity index (χ0v) is 18.7. The van der Waals surface area contributed by atoms with Gasteiger partial charge >= 0.3 is 0 Å². The third-order valence-corrected chi connectivity index (χ3v) is 6.44. The predicted molar refractivity (Wildman–Crippen MR) is 128 cm³/mol. The molecule has 0 radical (unpaired) electrons. The summed E-state index contributed by atoms with van der Waals surface area (Å²) < 4.78 is 2.02. The Balaban J connectivity index is 1.37. The van der Waals surface area contributed by atoms with E-state index in [1.807, 2.05) is 59.7 Å². The van der Waals surface area contributed by atoms with E-state index in [9.17, 15) is 0 Å². The monoisotopic (exact) mass is 451 g/mol. The summed E-state index contributed by atoms with van der Waals surface area (Å²) in [5, 5.41) is 11.3. The maximum Gasteiger partial charge on any atom is 0.130 e. The van der Waals surface area contributed by atoms with Crippen LogP contribution in [-0.2, 0) is 6.54 Å². The summed E-state index contributed by atoms with van der Waals surface area (Å²) in [6.45, 7) is 3.24. The molecule has 0 aliphatic carbocycles. The maximum atomic E-state index is 6.40. The molecule has 3 heterocycles. The first kappa shape index (κ1) is 20.3. The van der Waals surface area contributed by atoms with Gasteiger partial charge in [0.25, 0.3) is 0 Å². The van der Waals surface area contributed by atoms with Crippen molar-refractivity contribution in [1.82, 2.24) is 19.7 Å². The lowest BCUT2D eigenvalue weighted by molar-refractivity contribution is 0.370. The van der Waals surface area contributed by atoms with Gasteiger partial charge in [0.2, 0.25) is 0 Å². The Labute approximate surface area is 191 Å². The molecule has 158 valence electrons. The van der Waals surface area contributed by atoms with Crippen molar-refractivity contribution in [2.45, 2.75) is 13.0 Å². The van der Waals surface area contributed by atoms with Crippen LogP contribution in [0.1, 0.15) is 6.42 Å². The van der Waals surface area contributed by atoms with Crippen LogP contribution in [0.5, 0.6) is 0 Å². The lowest BCUT2D eigenvalue weighted by Gasteiger charge is -2.10. The second kappa shape index (κ2) is 8.50. The van der Waals surface area contributed by atoms with Crippen LogP contribution in [0.25, 0.3) is 21.9 Å². The molecule has 1 unspecified atom stereocenters. The second-order valence-corrected chi connectivity index (χ2v) is 9.04. The van der Waals surface area contributed by atoms with Crippen LogP contribution in [0.15, 0.2) is 61.1 Å². The number of nitrogens with one attached hydrogen (secondary N) is 1. The number of anilines is 2. The van der Waals surface area contributed by atoms with Crippen molar-refractivity contribution in [2.75, 3.05) is 25.5 Å². The van der Waals surface area contributed by atoms with Crippen LogP contribution < -0.4 is 5.32 Å². The van der Waals surface area contributed by atoms with Crippen LogP contribution in [-0.4, -0.2) is 39.8 Å². The number of fused-ring (bicyclic) bond motifs is 1. The van der Waals surface area contributed by atoms with Crippen molar-refractivity contribution in [3.63, 3.8) is 0 Å². The van der Waals surface area contributed by atoms with Gasteiger partial charge in [0.05, 0.1) is 11.9 Å². The lowest BCUT2D eigenvalue weighted by Crippen LogP contribution is -2.17. The van der Waals surface area contributed by atoms with Crippen LogP contribution in [0, 0.1) is 5.92 Å². The van der Waals surface area contributed by atoms with Gasteiger partial charge in [0.15, 0.2) is 0 Å². The number of pyridine rings is 1. The van der Waals surface area contributed by atoms with Gasteiger partial charge in [0, 0.05) is 46.5 Å². The van der Waals surface area contributed by atoms with E-state index in [-0.39, 0.29) is 0 Å². The fourth-order valence-electron chi connectivity index (χ4n) is 4.25. The van der Waals surface area contributed by atoms with Crippen molar-refractivity contribution in [1.29, 1.82) is 0 Å². The number of likely N-dealkylation sites (tertiary alicyclic amines) is 1. The zero-order chi connectivity index (χ0) is 21.4. The summed E-state index contributed by atoms with van der Waals surface area (Å²) in [5.41, 5.74) is 2.76. The van der Waals surface area contributed by atoms with Gasteiger partial charge in [0.1, 0.15) is 5.82 Å². The van der Waals surface area contributed by atoms with Gasteiger partial charge in [-0.3, -0.25) is 4.68 Å². The summed E-state index contributed by atoms with van der Waals surface area (Å²) >= 11 is 12.8. The average Bonchev–Trinajstić information content (AvgIpc) is 3.36. The van der Waals surface area contributed by atoms with Crippen LogP contribution >= 0.6 is 23.2 Å². The smallest absolute Gasteiger partial charge is 0.130 e. The highest BCUT2D eigenvalue weighted by atomic mass is 35.5. The van der Waals surface area contributed by atoms with Gasteiger partial charge < -0.3 is 10.2 Å². The first-order valence-electron chi connectivity index (χ1n) is 10.4. The van der Waals surface area contributed by atoms with Crippen LogP contribution in [0.2, 0.25) is 10.0 Å². The minimum absolute atomic E-state index is 0.639. The Hall–Kier alpha value is -2.60. The Kier molecular flexibility index (Phi) is 5.57. The van der Waals surface area contributed by atoms with Crippen molar-refractivity contribution >= 4 is 45.5 Å². The standard InChI is InChI=1S/C24H23Cl2N5/c1-30-8-7-16(13-30)14-31-15-20(12-28-31)29-23-10-19-9-17(5-6-18(19)11-27-23)24-21(25)3-2-4-22(24)26/h2-6,9-12,15-16H,7-8,13-14H2,1H3,(H,27,29). The van der Waals surface area contributed by atoms with Crippen molar-refractivity contribution in [2.24, 2.45) is 5.92 Å². The van der Waals surface area contributed by atoms with Gasteiger partial charge in [-0.05, 0) is 61.1 Å². The summed E-state index contributed by atoms with van der Waals surface area (Å²) in [6.07, 6.45) is 6.99. The summed E-state index contributed by atoms with van der Waals surface area (Å²) in [6, 6.07) is 13.8. The Morgan fingerprint density at radius 3 is 2.68 bits per heavy atom. The Morgan fingerprint density at radius 2 is 1.90 bits per heavy atom. The van der Waals surface area contributed by atoms with E-state index < -0.39 is 0 Å². The molecule has 1 saturated heterocycles. The van der Waals surface area contributed by atoms with E-state index in [4.69, 9.17) is 23.2 Å². The summed E-state index contributed by atoms with van der Waals surface area (Å²) in [5.74, 6) is 1.43. The fraction of sp³-hybridized carbons (Fsp3) is 0.250. The second-order valence-electron chi connectivity index (χ2n) is 8.22. The van der Waals surface area contributed by atoms with Gasteiger partial charge in [-0.15, -0.1) is 0 Å². The molecule has 0 spiro atoms. The van der Waals surface area contributed by atoms with E-state index in [1.54, 1.807) is 0 Å². The number of aromatic nitrogens is 3. The Morgan fingerprint density at radius 1 is 1.06 bits per heavy atom. The van der Waals surface area contributed by atoms with Gasteiger partial charge in [-0.1, -0.05) is 41.4 Å². The molecule has 0 bridgehead atoms. The molecule has 7 heteroatoms. The van der Waals surface area contributed by atoms with E-state index in [2.05, 4.69) is 33.4 Å². The molecule has 1 aliphatic heterocycles. The van der Waals surface area contributed by atoms with Gasteiger partial charge in [-0.2, -0.15) is 5.10 Å². The number of halogens is 2. The minimum atomic E-state index is 0.639. The quantitative estimate of drug-likeness (QED) is 0.398. The molecule has 1 N–H and O–H groups in total. The predicted octanol–water partition coefficient (Wildman–Crippen LogP) is 6.10. The molecule has 1 atom stereocenters. The molecule has 4 aromatic rings. The number of hydrogen-bond acceptors (Lipinski definition) is 4. The molecule has 2 aromatic carbocycles. The summed E-state index contributed by atoms with van der Waals surface area (Å²) in [4.78, 5) is 6.93. The molecule has 2 aromatic heterocycles. The molecule has 0 saturated carbocycles. The molecular weight excluding hydrogens is 429 g/mol. The highest BCUT2D eigenvalue weighted by Gasteiger charge is 2.20. The number of hydrogen-bond donors (Lipinski definition) is 1. The van der Waals surface area contributed by atoms with Gasteiger partial charge in [-0.25, -0.2) is 4.98 Å². The van der Waals surface area contributed by atoms with Crippen LogP contribution in [0.4, 0.5) is 11.5 Å². The van der Waals surface area contributed by atoms with E-state index in [1.165, 1.54) is 13.0 Å². The van der Waals surface area contributed by atoms with Crippen molar-refractivity contribution in [3.8, 4) is 11.1 Å². The van der Waals surface area contributed by atoms with Crippen LogP contribution in [0.3, 0.4) is 0 Å². The van der Waals surface area contributed by atoms with E-state index in [0.717, 1.165) is 46.5 Å². The highest BCUT2D eigenvalue weighted by molar-refractivity contribution is 6.39. The third-order valence-electron chi connectivity index (χ3n) is 5.81. The molecule has 5 rings (SSSR count). The van der Waals surface area contributed by atoms with E-state index in [0.29, 0.717) is 16.0 Å². The highest BCUT2D eigenvalue weighted by Crippen LogP contribution is 2.36. The number of benzene rings is 2. The average molecular weight is 452 g/mol. The molecule has 31 heavy (non-hydrogen) atoms. The third kappa shape index (κ3) is 4.40.